The molecule has 0 spiro atoms. The van der Waals surface area contributed by atoms with Gasteiger partial charge >= 0.3 is 0 Å². The third kappa shape index (κ3) is 2.92. The van der Waals surface area contributed by atoms with Crippen LogP contribution in [0.3, 0.4) is 0 Å². The Labute approximate surface area is 153 Å². The predicted molar refractivity (Wildman–Crippen MR) is 100 cm³/mol. The summed E-state index contributed by atoms with van der Waals surface area (Å²) in [5.74, 6) is 1.75. The predicted octanol–water partition coefficient (Wildman–Crippen LogP) is 2.68. The van der Waals surface area contributed by atoms with Crippen molar-refractivity contribution in [2.24, 2.45) is 5.10 Å². The number of ether oxygens (including phenoxy) is 3. The van der Waals surface area contributed by atoms with E-state index in [1.165, 1.54) is 22.3 Å². The number of nitrogens with zero attached hydrogens (tertiary/aromatic N) is 3. The molecule has 0 saturated carbocycles. The molecule has 0 saturated heterocycles. The minimum Gasteiger partial charge on any atom is -0.493 e. The highest BCUT2D eigenvalue weighted by Crippen LogP contribution is 2.40. The summed E-state index contributed by atoms with van der Waals surface area (Å²) in [5.41, 5.74) is 0.546. The SMILES string of the molecule is CCc1cc2c(=O)n(/N=C\c3cc(OC)c4c(c3)OCCO4)cnc2s1. The Balaban J connectivity index is 1.71. The molecule has 0 atom stereocenters. The Hall–Kier alpha value is -2.87. The first-order valence-electron chi connectivity index (χ1n) is 8.21. The molecule has 0 bridgehead atoms. The van der Waals surface area contributed by atoms with Crippen LogP contribution < -0.4 is 19.8 Å². The second-order valence-corrected chi connectivity index (χ2v) is 6.79. The summed E-state index contributed by atoms with van der Waals surface area (Å²) in [6.07, 6.45) is 3.88. The molecule has 0 aliphatic carbocycles. The molecule has 3 heterocycles. The van der Waals surface area contributed by atoms with E-state index in [0.717, 1.165) is 21.7 Å². The highest BCUT2D eigenvalue weighted by atomic mass is 32.1. The molecule has 134 valence electrons. The van der Waals surface area contributed by atoms with Crippen LogP contribution in [0.1, 0.15) is 17.4 Å². The van der Waals surface area contributed by atoms with Gasteiger partial charge < -0.3 is 14.2 Å². The van der Waals surface area contributed by atoms with Crippen molar-refractivity contribution < 1.29 is 14.2 Å². The maximum absolute atomic E-state index is 12.6. The highest BCUT2D eigenvalue weighted by Gasteiger charge is 2.18. The average Bonchev–Trinajstić information content (AvgIpc) is 3.11. The molecule has 4 rings (SSSR count). The monoisotopic (exact) mass is 371 g/mol. The lowest BCUT2D eigenvalue weighted by Crippen LogP contribution is -2.17. The van der Waals surface area contributed by atoms with E-state index < -0.39 is 0 Å². The molecule has 0 unspecified atom stereocenters. The van der Waals surface area contributed by atoms with Crippen LogP contribution in [0.25, 0.3) is 10.2 Å². The number of aromatic nitrogens is 2. The largest absolute Gasteiger partial charge is 0.493 e. The van der Waals surface area contributed by atoms with Gasteiger partial charge in [-0.2, -0.15) is 9.78 Å². The van der Waals surface area contributed by atoms with Gasteiger partial charge in [0.05, 0.1) is 18.7 Å². The topological polar surface area (TPSA) is 74.9 Å². The van der Waals surface area contributed by atoms with E-state index in [2.05, 4.69) is 17.0 Å². The molecule has 8 heteroatoms. The summed E-state index contributed by atoms with van der Waals surface area (Å²) in [6.45, 7) is 3.02. The summed E-state index contributed by atoms with van der Waals surface area (Å²) < 4.78 is 17.8. The first-order chi connectivity index (χ1) is 12.7. The first-order valence-corrected chi connectivity index (χ1v) is 9.03. The zero-order valence-corrected chi connectivity index (χ0v) is 15.2. The molecule has 1 aromatic carbocycles. The molecular weight excluding hydrogens is 354 g/mol. The Kier molecular flexibility index (Phi) is 4.34. The van der Waals surface area contributed by atoms with E-state index in [4.69, 9.17) is 14.2 Å². The summed E-state index contributed by atoms with van der Waals surface area (Å²) in [4.78, 5) is 18.8. The zero-order valence-electron chi connectivity index (χ0n) is 14.4. The quantitative estimate of drug-likeness (QED) is 0.659. The fraction of sp³-hybridized carbons (Fsp3) is 0.278. The van der Waals surface area contributed by atoms with Crippen LogP contribution >= 0.6 is 11.3 Å². The fourth-order valence-electron chi connectivity index (χ4n) is 2.72. The summed E-state index contributed by atoms with van der Waals surface area (Å²) in [6, 6.07) is 5.47. The Morgan fingerprint density at radius 3 is 3.00 bits per heavy atom. The Morgan fingerprint density at radius 2 is 2.19 bits per heavy atom. The van der Waals surface area contributed by atoms with Gasteiger partial charge in [-0.05, 0) is 24.6 Å². The van der Waals surface area contributed by atoms with Gasteiger partial charge in [-0.3, -0.25) is 4.79 Å². The standard InChI is InChI=1S/C18H17N3O4S/c1-3-12-8-13-17(26-12)19-10-21(18(13)22)20-9-11-6-14(23-2)16-15(7-11)24-4-5-25-16/h6-10H,3-5H2,1-2H3/b20-9-. The van der Waals surface area contributed by atoms with Crippen molar-refractivity contribution in [3.05, 3.63) is 45.3 Å². The number of rotatable bonds is 4. The summed E-state index contributed by atoms with van der Waals surface area (Å²) in [5, 5.41) is 4.84. The van der Waals surface area contributed by atoms with Gasteiger partial charge in [0.2, 0.25) is 5.75 Å². The van der Waals surface area contributed by atoms with E-state index in [9.17, 15) is 4.79 Å². The molecule has 1 aliphatic rings. The van der Waals surface area contributed by atoms with Crippen LogP contribution in [0, 0.1) is 0 Å². The van der Waals surface area contributed by atoms with Crippen molar-refractivity contribution in [3.63, 3.8) is 0 Å². The van der Waals surface area contributed by atoms with Crippen LogP contribution in [0.15, 0.2) is 34.4 Å². The van der Waals surface area contributed by atoms with E-state index in [-0.39, 0.29) is 5.56 Å². The Bertz CT molecular complexity index is 1040. The number of methoxy groups -OCH3 is 1. The van der Waals surface area contributed by atoms with Crippen LogP contribution in [-0.2, 0) is 6.42 Å². The summed E-state index contributed by atoms with van der Waals surface area (Å²) in [7, 11) is 1.57. The van der Waals surface area contributed by atoms with Crippen LogP contribution in [0.4, 0.5) is 0 Å². The van der Waals surface area contributed by atoms with Gasteiger partial charge in [0.1, 0.15) is 24.4 Å². The lowest BCUT2D eigenvalue weighted by atomic mass is 10.2. The molecule has 3 aromatic rings. The molecule has 26 heavy (non-hydrogen) atoms. The molecule has 0 N–H and O–H groups in total. The van der Waals surface area contributed by atoms with E-state index in [0.29, 0.717) is 35.8 Å². The van der Waals surface area contributed by atoms with Crippen molar-refractivity contribution in [3.8, 4) is 17.2 Å². The molecule has 0 amide bonds. The molecule has 0 radical (unpaired) electrons. The number of hydrogen-bond acceptors (Lipinski definition) is 7. The van der Waals surface area contributed by atoms with Gasteiger partial charge in [-0.15, -0.1) is 11.3 Å². The molecule has 2 aromatic heterocycles. The van der Waals surface area contributed by atoms with E-state index in [1.807, 2.05) is 6.07 Å². The maximum Gasteiger partial charge on any atom is 0.282 e. The molecule has 7 nitrogen and oxygen atoms in total. The maximum atomic E-state index is 12.6. The Morgan fingerprint density at radius 1 is 1.35 bits per heavy atom. The van der Waals surface area contributed by atoms with Crippen molar-refractivity contribution in [2.45, 2.75) is 13.3 Å². The van der Waals surface area contributed by atoms with Crippen molar-refractivity contribution in [2.75, 3.05) is 20.3 Å². The number of fused-ring (bicyclic) bond motifs is 2. The van der Waals surface area contributed by atoms with Gasteiger partial charge in [0, 0.05) is 10.4 Å². The third-order valence-corrected chi connectivity index (χ3v) is 5.20. The van der Waals surface area contributed by atoms with Gasteiger partial charge in [-0.1, -0.05) is 6.92 Å². The lowest BCUT2D eigenvalue weighted by molar-refractivity contribution is 0.165. The van der Waals surface area contributed by atoms with Crippen molar-refractivity contribution in [1.29, 1.82) is 0 Å². The molecule has 1 aliphatic heterocycles. The van der Waals surface area contributed by atoms with E-state index >= 15 is 0 Å². The van der Waals surface area contributed by atoms with E-state index in [1.54, 1.807) is 25.5 Å². The second-order valence-electron chi connectivity index (χ2n) is 5.67. The lowest BCUT2D eigenvalue weighted by Gasteiger charge is -2.20. The van der Waals surface area contributed by atoms with Gasteiger partial charge in [-0.25, -0.2) is 4.98 Å². The van der Waals surface area contributed by atoms with Crippen LogP contribution in [0.2, 0.25) is 0 Å². The first kappa shape index (κ1) is 16.6. The minimum absolute atomic E-state index is 0.188. The van der Waals surface area contributed by atoms with Crippen molar-refractivity contribution in [1.82, 2.24) is 9.66 Å². The number of hydrogen-bond donors (Lipinski definition) is 0. The molecular formula is C18H17N3O4S. The zero-order chi connectivity index (χ0) is 18.1. The highest BCUT2D eigenvalue weighted by molar-refractivity contribution is 7.18. The molecule has 0 fully saturated rings. The third-order valence-electron chi connectivity index (χ3n) is 4.02. The van der Waals surface area contributed by atoms with Crippen LogP contribution in [0.5, 0.6) is 17.2 Å². The van der Waals surface area contributed by atoms with Gasteiger partial charge in [0.25, 0.3) is 5.56 Å². The van der Waals surface area contributed by atoms with Gasteiger partial charge in [0.15, 0.2) is 11.5 Å². The van der Waals surface area contributed by atoms with Crippen LogP contribution in [-0.4, -0.2) is 36.2 Å². The number of benzene rings is 1. The minimum atomic E-state index is -0.188. The smallest absolute Gasteiger partial charge is 0.282 e. The number of thiophene rings is 1. The van der Waals surface area contributed by atoms with Crippen molar-refractivity contribution >= 4 is 27.8 Å². The normalized spacial score (nSPS) is 13.5. The average molecular weight is 371 g/mol. The summed E-state index contributed by atoms with van der Waals surface area (Å²) >= 11 is 1.53. The second kappa shape index (κ2) is 6.80. The number of aryl methyl sites for hydroxylation is 1. The fourth-order valence-corrected chi connectivity index (χ4v) is 3.64.